The molecule has 0 aliphatic heterocycles. The molecule has 0 bridgehead atoms. The van der Waals surface area contributed by atoms with E-state index in [2.05, 4.69) is 11.2 Å². The Kier molecular flexibility index (Phi) is 4.79. The van der Waals surface area contributed by atoms with E-state index in [9.17, 15) is 9.59 Å². The van der Waals surface area contributed by atoms with E-state index in [1.54, 1.807) is 0 Å². The van der Waals surface area contributed by atoms with Gasteiger partial charge in [-0.25, -0.2) is 4.79 Å². The van der Waals surface area contributed by atoms with Crippen molar-refractivity contribution in [2.24, 2.45) is 0 Å². The number of nitrogens with one attached hydrogen (secondary N) is 1. The Morgan fingerprint density at radius 1 is 1.70 bits per heavy atom. The topological polar surface area (TPSA) is 66.4 Å². The number of rotatable bonds is 3. The van der Waals surface area contributed by atoms with E-state index in [1.165, 1.54) is 0 Å². The summed E-state index contributed by atoms with van der Waals surface area (Å²) < 4.78 is 0. The minimum atomic E-state index is -1.15. The van der Waals surface area contributed by atoms with E-state index in [0.29, 0.717) is 19.4 Å². The van der Waals surface area contributed by atoms with Crippen molar-refractivity contribution in [1.82, 2.24) is 5.32 Å². The zero-order chi connectivity index (χ0) is 7.82. The van der Waals surface area contributed by atoms with Gasteiger partial charge in [0.2, 0.25) is 6.41 Å². The molecule has 0 aromatic heterocycles. The Morgan fingerprint density at radius 3 is 2.90 bits per heavy atom. The average Bonchev–Trinajstić information content (AvgIpc) is 1.87. The number of hydrogen-bond acceptors (Lipinski definition) is 2. The normalized spacial score (nSPS) is 7.20. The van der Waals surface area contributed by atoms with Gasteiger partial charge in [0.05, 0.1) is 0 Å². The van der Waals surface area contributed by atoms with Gasteiger partial charge in [-0.1, -0.05) is 5.92 Å². The lowest BCUT2D eigenvalue weighted by Gasteiger charge is -1.86. The van der Waals surface area contributed by atoms with Gasteiger partial charge >= 0.3 is 5.97 Å². The number of carbonyl (C=O) groups is 2. The molecule has 0 unspecified atom stereocenters. The van der Waals surface area contributed by atoms with E-state index in [1.807, 2.05) is 5.92 Å². The molecular weight excluding hydrogens is 134 g/mol. The largest absolute Gasteiger partial charge is 0.472 e. The molecule has 0 aromatic carbocycles. The van der Waals surface area contributed by atoms with E-state index < -0.39 is 5.97 Å². The summed E-state index contributed by atoms with van der Waals surface area (Å²) in [6, 6.07) is 0. The Balaban J connectivity index is 3.28. The molecule has 4 nitrogen and oxygen atoms in total. The molecule has 0 fully saturated rings. The van der Waals surface area contributed by atoms with Crippen LogP contribution in [0.1, 0.15) is 6.42 Å². The maximum Gasteiger partial charge on any atom is 0.381 e. The van der Waals surface area contributed by atoms with Gasteiger partial charge in [-0.3, -0.25) is 4.79 Å². The highest BCUT2D eigenvalue weighted by Crippen LogP contribution is 1.68. The van der Waals surface area contributed by atoms with Crippen molar-refractivity contribution < 1.29 is 14.7 Å². The summed E-state index contributed by atoms with van der Waals surface area (Å²) in [4.78, 5) is 19.4. The predicted molar refractivity (Wildman–Crippen MR) is 34.1 cm³/mol. The van der Waals surface area contributed by atoms with Crippen LogP contribution in [0, 0.1) is 11.8 Å². The van der Waals surface area contributed by atoms with Gasteiger partial charge < -0.3 is 10.4 Å². The quantitative estimate of drug-likeness (QED) is 0.307. The van der Waals surface area contributed by atoms with Crippen molar-refractivity contribution >= 4 is 12.4 Å². The number of aliphatic carboxylic acids is 1. The molecule has 0 atom stereocenters. The van der Waals surface area contributed by atoms with Gasteiger partial charge in [0, 0.05) is 18.9 Å². The molecule has 4 heteroatoms. The molecule has 2 N–H and O–H groups in total. The minimum absolute atomic E-state index is 0.366. The average molecular weight is 141 g/mol. The van der Waals surface area contributed by atoms with Crippen molar-refractivity contribution in [3.05, 3.63) is 0 Å². The number of hydrogen-bond donors (Lipinski definition) is 2. The lowest BCUT2D eigenvalue weighted by molar-refractivity contribution is -0.130. The van der Waals surface area contributed by atoms with Crippen LogP contribution in [-0.2, 0) is 9.59 Å². The SMILES string of the molecule is O=CNCCC#CC(=O)O. The van der Waals surface area contributed by atoms with Gasteiger partial charge in [0.15, 0.2) is 0 Å². The second kappa shape index (κ2) is 5.63. The Labute approximate surface area is 58.2 Å². The van der Waals surface area contributed by atoms with Crippen LogP contribution in [0.25, 0.3) is 0 Å². The molecule has 54 valence electrons. The Bertz CT molecular complexity index is 177. The van der Waals surface area contributed by atoms with Crippen LogP contribution in [0.5, 0.6) is 0 Å². The molecule has 0 radical (unpaired) electrons. The maximum atomic E-state index is 9.77. The predicted octanol–water partition coefficient (Wildman–Crippen LogP) is -0.790. The van der Waals surface area contributed by atoms with E-state index >= 15 is 0 Å². The zero-order valence-corrected chi connectivity index (χ0v) is 5.26. The van der Waals surface area contributed by atoms with E-state index in [-0.39, 0.29) is 0 Å². The first kappa shape index (κ1) is 8.50. The first-order valence-corrected chi connectivity index (χ1v) is 2.66. The lowest BCUT2D eigenvalue weighted by atomic mass is 10.4. The first-order chi connectivity index (χ1) is 4.77. The number of amides is 1. The van der Waals surface area contributed by atoms with Gasteiger partial charge in [-0.15, -0.1) is 0 Å². The van der Waals surface area contributed by atoms with Gasteiger partial charge in [-0.05, 0) is 0 Å². The summed E-state index contributed by atoms with van der Waals surface area (Å²) in [6.45, 7) is 0.393. The summed E-state index contributed by atoms with van der Waals surface area (Å²) in [5.74, 6) is 3.12. The molecule has 0 aromatic rings. The molecule has 0 aliphatic rings. The summed E-state index contributed by atoms with van der Waals surface area (Å²) in [7, 11) is 0. The molecule has 0 aliphatic carbocycles. The summed E-state index contributed by atoms with van der Waals surface area (Å²) >= 11 is 0. The maximum absolute atomic E-state index is 9.77. The van der Waals surface area contributed by atoms with Crippen LogP contribution in [-0.4, -0.2) is 24.0 Å². The summed E-state index contributed by atoms with van der Waals surface area (Å²) in [6.07, 6.45) is 0.910. The van der Waals surface area contributed by atoms with Crippen molar-refractivity contribution in [2.75, 3.05) is 6.54 Å². The highest BCUT2D eigenvalue weighted by atomic mass is 16.4. The minimum Gasteiger partial charge on any atom is -0.472 e. The molecule has 0 rings (SSSR count). The number of carboxylic acid groups (broad SMARTS) is 1. The van der Waals surface area contributed by atoms with Crippen LogP contribution < -0.4 is 5.32 Å². The number of carboxylic acids is 1. The molecule has 0 heterocycles. The third-order valence-electron chi connectivity index (χ3n) is 0.673. The fraction of sp³-hybridized carbons (Fsp3) is 0.333. The standard InChI is InChI=1S/C6H7NO3/c8-5-7-4-2-1-3-6(9)10/h5H,2,4H2,(H,7,8)(H,9,10). The van der Waals surface area contributed by atoms with Gasteiger partial charge in [0.1, 0.15) is 0 Å². The van der Waals surface area contributed by atoms with Crippen LogP contribution in [0.3, 0.4) is 0 Å². The fourth-order valence-corrected chi connectivity index (χ4v) is 0.332. The van der Waals surface area contributed by atoms with Gasteiger partial charge in [0.25, 0.3) is 0 Å². The van der Waals surface area contributed by atoms with Crippen LogP contribution in [0.4, 0.5) is 0 Å². The highest BCUT2D eigenvalue weighted by Gasteiger charge is 1.82. The smallest absolute Gasteiger partial charge is 0.381 e. The number of carbonyl (C=O) groups excluding carboxylic acids is 1. The van der Waals surface area contributed by atoms with E-state index in [0.717, 1.165) is 0 Å². The molecule has 0 spiro atoms. The molecule has 0 saturated carbocycles. The van der Waals surface area contributed by atoms with Crippen LogP contribution in [0.2, 0.25) is 0 Å². The van der Waals surface area contributed by atoms with Crippen molar-refractivity contribution in [1.29, 1.82) is 0 Å². The second-order valence-corrected chi connectivity index (χ2v) is 1.43. The third-order valence-corrected chi connectivity index (χ3v) is 0.673. The van der Waals surface area contributed by atoms with Crippen LogP contribution in [0.15, 0.2) is 0 Å². The Hall–Kier alpha value is -1.50. The first-order valence-electron chi connectivity index (χ1n) is 2.66. The van der Waals surface area contributed by atoms with Gasteiger partial charge in [-0.2, -0.15) is 0 Å². The van der Waals surface area contributed by atoms with Crippen LogP contribution >= 0.6 is 0 Å². The van der Waals surface area contributed by atoms with Crippen molar-refractivity contribution in [2.45, 2.75) is 6.42 Å². The van der Waals surface area contributed by atoms with E-state index in [4.69, 9.17) is 5.11 Å². The van der Waals surface area contributed by atoms with Crippen molar-refractivity contribution in [3.63, 3.8) is 0 Å². The van der Waals surface area contributed by atoms with Crippen molar-refractivity contribution in [3.8, 4) is 11.8 Å². The lowest BCUT2D eigenvalue weighted by Crippen LogP contribution is -2.11. The zero-order valence-electron chi connectivity index (χ0n) is 5.26. The third kappa shape index (κ3) is 6.50. The summed E-state index contributed by atoms with van der Waals surface area (Å²) in [5.41, 5.74) is 0. The molecule has 1 amide bonds. The Morgan fingerprint density at radius 2 is 2.40 bits per heavy atom. The fourth-order valence-electron chi connectivity index (χ4n) is 0.332. The summed E-state index contributed by atoms with van der Waals surface area (Å²) in [5, 5.41) is 10.4. The second-order valence-electron chi connectivity index (χ2n) is 1.43. The molecule has 10 heavy (non-hydrogen) atoms. The monoisotopic (exact) mass is 141 g/mol. The highest BCUT2D eigenvalue weighted by molar-refractivity contribution is 5.86. The molecule has 0 saturated heterocycles. The molecular formula is C6H7NO3.